The predicted molar refractivity (Wildman–Crippen MR) is 79.6 cm³/mol. The third-order valence-corrected chi connectivity index (χ3v) is 8.57. The van der Waals surface area contributed by atoms with Gasteiger partial charge in [-0.2, -0.15) is 23.5 Å². The lowest BCUT2D eigenvalue weighted by Crippen LogP contribution is -1.97. The summed E-state index contributed by atoms with van der Waals surface area (Å²) < 4.78 is 1.58. The van der Waals surface area contributed by atoms with Gasteiger partial charge in [-0.15, -0.1) is 0 Å². The highest BCUT2D eigenvalue weighted by molar-refractivity contribution is 8.80. The predicted octanol–water partition coefficient (Wildman–Crippen LogP) is 5.35. The molecule has 0 aliphatic carbocycles. The van der Waals surface area contributed by atoms with Crippen LogP contribution in [-0.4, -0.2) is 21.7 Å². The third kappa shape index (κ3) is 7.66. The highest BCUT2D eigenvalue weighted by Gasteiger charge is 2.12. The molecule has 0 fully saturated rings. The van der Waals surface area contributed by atoms with E-state index in [4.69, 9.17) is 0 Å². The zero-order valence-corrected chi connectivity index (χ0v) is 12.9. The van der Waals surface area contributed by atoms with E-state index in [9.17, 15) is 0 Å². The summed E-state index contributed by atoms with van der Waals surface area (Å²) in [6.07, 6.45) is 9.73. The van der Waals surface area contributed by atoms with E-state index in [1.807, 2.05) is 23.5 Å². The van der Waals surface area contributed by atoms with Crippen LogP contribution < -0.4 is 0 Å². The minimum atomic E-state index is 0.788. The van der Waals surface area contributed by atoms with Gasteiger partial charge in [0.1, 0.15) is 0 Å². The molecule has 0 amide bonds. The van der Waals surface area contributed by atoms with E-state index in [0.717, 1.165) is 9.16 Å². The van der Waals surface area contributed by atoms with E-state index in [-0.39, 0.29) is 0 Å². The van der Waals surface area contributed by atoms with Crippen molar-refractivity contribution in [2.24, 2.45) is 0 Å². The molecule has 14 heavy (non-hydrogen) atoms. The quantitative estimate of drug-likeness (QED) is 0.409. The summed E-state index contributed by atoms with van der Waals surface area (Å²) in [6.45, 7) is 4.54. The molecule has 0 aliphatic rings. The van der Waals surface area contributed by atoms with Crippen molar-refractivity contribution in [3.63, 3.8) is 0 Å². The first-order valence-electron chi connectivity index (χ1n) is 5.16. The van der Waals surface area contributed by atoms with Gasteiger partial charge in [-0.25, -0.2) is 0 Å². The van der Waals surface area contributed by atoms with Crippen molar-refractivity contribution in [3.8, 4) is 0 Å². The van der Waals surface area contributed by atoms with Gasteiger partial charge in [0.2, 0.25) is 0 Å². The molecule has 0 bridgehead atoms. The number of hydrogen-bond donors (Lipinski definition) is 0. The number of hydrogen-bond acceptors (Lipinski definition) is 4. The Morgan fingerprint density at radius 3 is 1.36 bits per heavy atom. The molecule has 0 aliphatic heterocycles. The van der Waals surface area contributed by atoms with Crippen LogP contribution in [0, 0.1) is 0 Å². The van der Waals surface area contributed by atoms with E-state index in [2.05, 4.69) is 47.9 Å². The van der Waals surface area contributed by atoms with Crippen LogP contribution in [0.15, 0.2) is 0 Å². The van der Waals surface area contributed by atoms with Crippen molar-refractivity contribution < 1.29 is 0 Å². The summed E-state index contributed by atoms with van der Waals surface area (Å²) in [5.74, 6) is 0. The molecule has 0 aromatic carbocycles. The van der Waals surface area contributed by atoms with Crippen LogP contribution in [0.2, 0.25) is 0 Å². The molecule has 0 N–H and O–H groups in total. The standard InChI is InChI=1S/C10H22S4/c1-5-7-9(11-3)13-14-10(12-4)8-6-2/h9-10H,5-8H2,1-4H3. The lowest BCUT2D eigenvalue weighted by Gasteiger charge is -2.16. The largest absolute Gasteiger partial charge is 0.150 e. The Balaban J connectivity index is 3.63. The monoisotopic (exact) mass is 270 g/mol. The topological polar surface area (TPSA) is 0 Å². The maximum atomic E-state index is 2.27. The molecule has 0 rings (SSSR count). The van der Waals surface area contributed by atoms with Gasteiger partial charge in [0.25, 0.3) is 0 Å². The molecule has 0 aromatic heterocycles. The summed E-state index contributed by atoms with van der Waals surface area (Å²) in [6, 6.07) is 0. The first-order chi connectivity index (χ1) is 6.78. The van der Waals surface area contributed by atoms with Gasteiger partial charge in [-0.1, -0.05) is 48.3 Å². The second kappa shape index (κ2) is 10.9. The zero-order chi connectivity index (χ0) is 10.8. The molecule has 4 heteroatoms. The molecule has 2 unspecified atom stereocenters. The zero-order valence-electron chi connectivity index (χ0n) is 9.62. The van der Waals surface area contributed by atoms with E-state index in [1.54, 1.807) is 0 Å². The summed E-state index contributed by atoms with van der Waals surface area (Å²) in [5.41, 5.74) is 0. The average molecular weight is 271 g/mol. The summed E-state index contributed by atoms with van der Waals surface area (Å²) in [7, 11) is 4.16. The Labute approximate surface area is 106 Å². The highest BCUT2D eigenvalue weighted by Crippen LogP contribution is 2.42. The summed E-state index contributed by atoms with van der Waals surface area (Å²) in [4.78, 5) is 0. The molecule has 0 spiro atoms. The molecule has 0 radical (unpaired) electrons. The molecule has 0 saturated heterocycles. The molecular formula is C10H22S4. The SMILES string of the molecule is CCCC(SC)SSC(CCC)SC. The van der Waals surface area contributed by atoms with Gasteiger partial charge in [-0.05, 0) is 25.4 Å². The second-order valence-corrected chi connectivity index (χ2v) is 8.46. The molecule has 0 heterocycles. The van der Waals surface area contributed by atoms with Crippen LogP contribution in [0.1, 0.15) is 39.5 Å². The molecule has 0 saturated carbocycles. The van der Waals surface area contributed by atoms with Crippen molar-refractivity contribution in [2.75, 3.05) is 12.5 Å². The lowest BCUT2D eigenvalue weighted by atomic mass is 10.4. The Bertz CT molecular complexity index is 105. The fourth-order valence-electron chi connectivity index (χ4n) is 1.01. The molecule has 0 aromatic rings. The maximum absolute atomic E-state index is 2.27. The average Bonchev–Trinajstić information content (AvgIpc) is 2.22. The maximum Gasteiger partial charge on any atom is 0.0603 e. The van der Waals surface area contributed by atoms with Crippen molar-refractivity contribution in [1.82, 2.24) is 0 Å². The van der Waals surface area contributed by atoms with Crippen LogP contribution in [0.5, 0.6) is 0 Å². The van der Waals surface area contributed by atoms with Crippen molar-refractivity contribution in [2.45, 2.75) is 48.7 Å². The number of rotatable bonds is 9. The molecular weight excluding hydrogens is 248 g/mol. The minimum Gasteiger partial charge on any atom is -0.150 e. The normalized spacial score (nSPS) is 15.4. The second-order valence-electron chi connectivity index (χ2n) is 3.10. The fourth-order valence-corrected chi connectivity index (χ4v) is 7.04. The van der Waals surface area contributed by atoms with Crippen LogP contribution in [0.25, 0.3) is 0 Å². The Morgan fingerprint density at radius 1 is 0.786 bits per heavy atom. The minimum absolute atomic E-state index is 0.788. The summed E-state index contributed by atoms with van der Waals surface area (Å²) in [5, 5.41) is 0. The highest BCUT2D eigenvalue weighted by atomic mass is 33.1. The molecule has 2 atom stereocenters. The smallest absolute Gasteiger partial charge is 0.0603 e. The van der Waals surface area contributed by atoms with Crippen LogP contribution in [0.4, 0.5) is 0 Å². The lowest BCUT2D eigenvalue weighted by molar-refractivity contribution is 0.870. The Kier molecular flexibility index (Phi) is 12.0. The first-order valence-corrected chi connectivity index (χ1v) is 10.0. The van der Waals surface area contributed by atoms with Crippen LogP contribution >= 0.6 is 45.1 Å². The van der Waals surface area contributed by atoms with Gasteiger partial charge in [-0.3, -0.25) is 0 Å². The van der Waals surface area contributed by atoms with E-state index in [0.29, 0.717) is 0 Å². The van der Waals surface area contributed by atoms with Gasteiger partial charge in [0.05, 0.1) is 9.16 Å². The first kappa shape index (κ1) is 15.4. The Morgan fingerprint density at radius 2 is 1.14 bits per heavy atom. The van der Waals surface area contributed by atoms with Gasteiger partial charge in [0.15, 0.2) is 0 Å². The van der Waals surface area contributed by atoms with Gasteiger partial charge in [0, 0.05) is 0 Å². The van der Waals surface area contributed by atoms with E-state index in [1.165, 1.54) is 25.7 Å². The fraction of sp³-hybridized carbons (Fsp3) is 1.00. The van der Waals surface area contributed by atoms with E-state index < -0.39 is 0 Å². The van der Waals surface area contributed by atoms with Crippen LogP contribution in [-0.2, 0) is 0 Å². The molecule has 0 nitrogen and oxygen atoms in total. The third-order valence-electron chi connectivity index (χ3n) is 1.84. The van der Waals surface area contributed by atoms with Crippen LogP contribution in [0.3, 0.4) is 0 Å². The van der Waals surface area contributed by atoms with Gasteiger partial charge >= 0.3 is 0 Å². The van der Waals surface area contributed by atoms with E-state index >= 15 is 0 Å². The van der Waals surface area contributed by atoms with Gasteiger partial charge < -0.3 is 0 Å². The van der Waals surface area contributed by atoms with Crippen molar-refractivity contribution in [3.05, 3.63) is 0 Å². The van der Waals surface area contributed by atoms with Crippen molar-refractivity contribution >= 4 is 45.1 Å². The Hall–Kier alpha value is 1.40. The number of thioether (sulfide) groups is 2. The molecule has 86 valence electrons. The summed E-state index contributed by atoms with van der Waals surface area (Å²) >= 11 is 4.00. The van der Waals surface area contributed by atoms with Crippen molar-refractivity contribution in [1.29, 1.82) is 0 Å².